The Morgan fingerprint density at radius 1 is 1.32 bits per heavy atom. The van der Waals surface area contributed by atoms with Crippen LogP contribution in [0, 0.1) is 12.8 Å². The van der Waals surface area contributed by atoms with Gasteiger partial charge in [0.05, 0.1) is 16.2 Å². The molecule has 2 aliphatic rings. The fourth-order valence-corrected chi connectivity index (χ4v) is 3.47. The van der Waals surface area contributed by atoms with Crippen molar-refractivity contribution in [1.82, 2.24) is 15.1 Å². The Morgan fingerprint density at radius 3 is 2.71 bits per heavy atom. The molecule has 1 N–H and O–H groups in total. The molecule has 6 heteroatoms. The molecular formula is C22H35ClN4O. The molecule has 2 amide bonds. The van der Waals surface area contributed by atoms with Crippen LogP contribution in [0.3, 0.4) is 0 Å². The number of hydrogen-bond donors (Lipinski definition) is 1. The van der Waals surface area contributed by atoms with E-state index < -0.39 is 57.8 Å². The van der Waals surface area contributed by atoms with Crippen molar-refractivity contribution in [3.8, 4) is 0 Å². The first-order valence-electron chi connectivity index (χ1n) is 15.8. The molecule has 2 fully saturated rings. The molecule has 3 rings (SSSR count). The minimum Gasteiger partial charge on any atom is -0.368 e. The van der Waals surface area contributed by atoms with Crippen LogP contribution >= 0.6 is 11.6 Å². The predicted octanol–water partition coefficient (Wildman–Crippen LogP) is 3.99. The van der Waals surface area contributed by atoms with Gasteiger partial charge in [-0.25, -0.2) is 4.79 Å². The molecule has 1 aliphatic carbocycles. The molecule has 0 bridgehead atoms. The van der Waals surface area contributed by atoms with E-state index in [1.54, 1.807) is 13.0 Å². The molecule has 0 aromatic heterocycles. The largest absolute Gasteiger partial charge is 0.368 e. The van der Waals surface area contributed by atoms with Crippen LogP contribution in [0.25, 0.3) is 0 Å². The molecule has 0 spiro atoms. The zero-order valence-corrected chi connectivity index (χ0v) is 16.8. The van der Waals surface area contributed by atoms with Crippen molar-refractivity contribution >= 4 is 23.3 Å². The molecule has 1 saturated carbocycles. The molecule has 0 radical (unpaired) electrons. The lowest BCUT2D eigenvalue weighted by atomic mass is 9.84. The van der Waals surface area contributed by atoms with Gasteiger partial charge in [0.1, 0.15) is 0 Å². The maximum Gasteiger partial charge on any atom is 0.317 e. The van der Waals surface area contributed by atoms with Gasteiger partial charge in [-0.1, -0.05) is 23.7 Å². The van der Waals surface area contributed by atoms with Crippen LogP contribution in [0.15, 0.2) is 18.2 Å². The fourth-order valence-electron chi connectivity index (χ4n) is 3.26. The van der Waals surface area contributed by atoms with Gasteiger partial charge in [-0.2, -0.15) is 0 Å². The zero-order chi connectivity index (χ0) is 31.6. The Bertz CT molecular complexity index is 1110. The minimum absolute atomic E-state index is 0.0341. The van der Waals surface area contributed by atoms with Gasteiger partial charge in [0.25, 0.3) is 0 Å². The Labute approximate surface area is 193 Å². The van der Waals surface area contributed by atoms with Crippen LogP contribution in [-0.2, 0) is 0 Å². The molecular weight excluding hydrogens is 372 g/mol. The average Bonchev–Trinajstić information content (AvgIpc) is 2.80. The van der Waals surface area contributed by atoms with Crippen molar-refractivity contribution in [2.24, 2.45) is 5.92 Å². The number of urea groups is 1. The summed E-state index contributed by atoms with van der Waals surface area (Å²) in [4.78, 5) is 13.2. The van der Waals surface area contributed by atoms with Crippen molar-refractivity contribution in [3.63, 3.8) is 0 Å². The fraction of sp³-hybridized carbons (Fsp3) is 0.682. The summed E-state index contributed by atoms with van der Waals surface area (Å²) in [6, 6.07) is 3.15. The maximum atomic E-state index is 12.2. The number of benzene rings is 1. The van der Waals surface area contributed by atoms with E-state index in [-0.39, 0.29) is 21.7 Å². The number of hydrogen-bond acceptors (Lipinski definition) is 3. The van der Waals surface area contributed by atoms with Gasteiger partial charge in [0.2, 0.25) is 0 Å². The summed E-state index contributed by atoms with van der Waals surface area (Å²) < 4.78 is 109. The minimum atomic E-state index is -3.37. The normalized spacial score (nSPS) is 38.5. The van der Waals surface area contributed by atoms with Gasteiger partial charge >= 0.3 is 6.03 Å². The van der Waals surface area contributed by atoms with Gasteiger partial charge < -0.3 is 15.1 Å². The van der Waals surface area contributed by atoms with E-state index in [4.69, 9.17) is 29.4 Å². The van der Waals surface area contributed by atoms with E-state index in [9.17, 15) is 4.79 Å². The summed E-state index contributed by atoms with van der Waals surface area (Å²) in [5, 5.41) is 2.55. The summed E-state index contributed by atoms with van der Waals surface area (Å²) in [5.74, 6) is -0.425. The standard InChI is InChI=1S/C22H35ClN4O/c1-17-5-4-6-20(21(17)23)27-15-13-26(14-16-27)12-11-18-7-9-19(10-8-18)24-22(28)25(2)3/h4-6,18-19H,7-16H2,1-3H3,(H,24,28)/t18-,19-/i2D3,12D2,13D2,14D2,15D2,16D2. The smallest absolute Gasteiger partial charge is 0.317 e. The lowest BCUT2D eigenvalue weighted by molar-refractivity contribution is 0.194. The van der Waals surface area contributed by atoms with Crippen molar-refractivity contribution < 1.29 is 22.6 Å². The molecule has 5 nitrogen and oxygen atoms in total. The highest BCUT2D eigenvalue weighted by Crippen LogP contribution is 2.30. The summed E-state index contributed by atoms with van der Waals surface area (Å²) in [6.45, 7) is -17.2. The highest BCUT2D eigenvalue weighted by molar-refractivity contribution is 6.34. The number of rotatable bonds is 5. The first kappa shape index (κ1) is 10.0. The second-order valence-electron chi connectivity index (χ2n) is 7.11. The van der Waals surface area contributed by atoms with Gasteiger partial charge in [-0.05, 0) is 63.1 Å². The summed E-state index contributed by atoms with van der Waals surface area (Å²) in [6.07, 6.45) is 0.975. The van der Waals surface area contributed by atoms with Crippen LogP contribution in [0.2, 0.25) is 5.02 Å². The number of nitrogens with one attached hydrogen (secondary N) is 1. The second-order valence-corrected chi connectivity index (χ2v) is 7.49. The first-order valence-corrected chi connectivity index (χ1v) is 9.68. The third kappa shape index (κ3) is 5.54. The van der Waals surface area contributed by atoms with Crippen molar-refractivity contribution in [3.05, 3.63) is 28.8 Å². The topological polar surface area (TPSA) is 38.8 Å². The highest BCUT2D eigenvalue weighted by atomic mass is 35.5. The number of carbonyl (C=O) groups excluding carboxylic acids is 1. The molecule has 28 heavy (non-hydrogen) atoms. The van der Waals surface area contributed by atoms with Crippen LogP contribution in [0.1, 0.15) is 55.5 Å². The Morgan fingerprint density at radius 2 is 2.04 bits per heavy atom. The summed E-state index contributed by atoms with van der Waals surface area (Å²) >= 11 is 6.34. The van der Waals surface area contributed by atoms with E-state index in [0.717, 1.165) is 7.05 Å². The molecule has 0 atom stereocenters. The van der Waals surface area contributed by atoms with Crippen molar-refractivity contribution in [2.45, 2.75) is 45.1 Å². The molecule has 1 aliphatic heterocycles. The Kier molecular flexibility index (Phi) is 3.52. The number of anilines is 1. The lowest BCUT2D eigenvalue weighted by Crippen LogP contribution is -2.47. The molecule has 0 unspecified atom stereocenters. The molecule has 1 aromatic rings. The summed E-state index contributed by atoms with van der Waals surface area (Å²) in [5.41, 5.74) is 0.172. The van der Waals surface area contributed by atoms with Gasteiger partial charge in [-0.15, -0.1) is 0 Å². The quantitative estimate of drug-likeness (QED) is 0.784. The highest BCUT2D eigenvalue weighted by Gasteiger charge is 2.24. The van der Waals surface area contributed by atoms with E-state index in [0.29, 0.717) is 41.0 Å². The molecule has 1 aromatic carbocycles. The van der Waals surface area contributed by atoms with Crippen molar-refractivity contribution in [1.29, 1.82) is 0 Å². The van der Waals surface area contributed by atoms with E-state index in [2.05, 4.69) is 5.32 Å². The van der Waals surface area contributed by atoms with E-state index in [1.807, 2.05) is 0 Å². The summed E-state index contributed by atoms with van der Waals surface area (Å²) in [7, 11) is 1.15. The number of aryl methyl sites for hydroxylation is 1. The molecule has 1 heterocycles. The van der Waals surface area contributed by atoms with Crippen LogP contribution in [0.4, 0.5) is 10.5 Å². The first-order chi connectivity index (χ1) is 18.4. The molecule has 156 valence electrons. The maximum absolute atomic E-state index is 12.2. The molecule has 1 saturated heterocycles. The van der Waals surface area contributed by atoms with Gasteiger partial charge in [-0.3, -0.25) is 4.90 Å². The number of halogens is 1. The lowest BCUT2D eigenvalue weighted by Gasteiger charge is -2.37. The van der Waals surface area contributed by atoms with Crippen LogP contribution in [0.5, 0.6) is 0 Å². The van der Waals surface area contributed by atoms with Crippen molar-refractivity contribution in [2.75, 3.05) is 51.4 Å². The Balaban J connectivity index is 1.86. The van der Waals surface area contributed by atoms with Gasteiger partial charge in [0, 0.05) is 58.4 Å². The van der Waals surface area contributed by atoms with Crippen LogP contribution < -0.4 is 10.2 Å². The van der Waals surface area contributed by atoms with E-state index >= 15 is 0 Å². The number of amides is 2. The Hall–Kier alpha value is -1.46. The predicted molar refractivity (Wildman–Crippen MR) is 117 cm³/mol. The third-order valence-corrected chi connectivity index (χ3v) is 5.47. The number of nitrogens with zero attached hydrogens (tertiary/aromatic N) is 3. The second kappa shape index (κ2) is 9.84. The SMILES string of the molecule is [2H]C([2H])([2H])N(C)C(=O)N[C@H]1CC[C@H](CC([2H])([2H])N2C([2H])([2H])C([2H])([2H])N(c3cccc(C)c3Cl)C([2H])([2H])C2([2H])[2H])CC1. The average molecular weight is 420 g/mol. The monoisotopic (exact) mass is 419 g/mol. The van der Waals surface area contributed by atoms with Gasteiger partial charge in [0.15, 0.2) is 0 Å². The zero-order valence-electron chi connectivity index (χ0n) is 29.1. The number of carbonyl (C=O) groups is 1. The third-order valence-electron chi connectivity index (χ3n) is 4.98. The number of piperazine rings is 1. The van der Waals surface area contributed by atoms with E-state index in [1.165, 1.54) is 12.1 Å². The van der Waals surface area contributed by atoms with Crippen LogP contribution in [-0.4, -0.2) is 68.4 Å².